The van der Waals surface area contributed by atoms with E-state index in [1.54, 1.807) is 28.4 Å². The van der Waals surface area contributed by atoms with Crippen LogP contribution >= 0.6 is 0 Å². The summed E-state index contributed by atoms with van der Waals surface area (Å²) in [6, 6.07) is 6.45. The molecular weight excluding hydrogens is 270 g/mol. The number of nitrogens with zero attached hydrogens (tertiary/aromatic N) is 1. The average molecular weight is 295 g/mol. The molecule has 5 nitrogen and oxygen atoms in total. The summed E-state index contributed by atoms with van der Waals surface area (Å²) in [5, 5.41) is 0. The monoisotopic (exact) mass is 295 g/mol. The predicted molar refractivity (Wildman–Crippen MR) is 81.0 cm³/mol. The van der Waals surface area contributed by atoms with E-state index >= 15 is 0 Å². The minimum absolute atomic E-state index is 0.283. The van der Waals surface area contributed by atoms with E-state index in [0.29, 0.717) is 6.04 Å². The third kappa shape index (κ3) is 3.87. The summed E-state index contributed by atoms with van der Waals surface area (Å²) in [5.74, 6) is 1.52. The molecule has 1 heterocycles. The summed E-state index contributed by atoms with van der Waals surface area (Å²) in [7, 11) is 6.82. The van der Waals surface area contributed by atoms with Gasteiger partial charge in [0.2, 0.25) is 0 Å². The Hall–Kier alpha value is -1.30. The van der Waals surface area contributed by atoms with Crippen molar-refractivity contribution in [3.05, 3.63) is 23.8 Å². The summed E-state index contributed by atoms with van der Waals surface area (Å²) >= 11 is 0. The molecule has 0 N–H and O–H groups in total. The molecule has 0 unspecified atom stereocenters. The Morgan fingerprint density at radius 1 is 1.10 bits per heavy atom. The second-order valence-corrected chi connectivity index (χ2v) is 5.32. The van der Waals surface area contributed by atoms with E-state index < -0.39 is 0 Å². The molecule has 0 spiro atoms. The SMILES string of the molecule is COC[C@@H]1C[C@H](OC)CN1Cc1ccc(OC)c(OC)c1. The standard InChI is InChI=1S/C16H25NO4/c1-18-11-13-8-14(19-2)10-17(13)9-12-5-6-15(20-3)16(7-12)21-4/h5-7,13-14H,8-11H2,1-4H3/t13-,14-/m0/s1. The highest BCUT2D eigenvalue weighted by Gasteiger charge is 2.32. The topological polar surface area (TPSA) is 40.2 Å². The Labute approximate surface area is 126 Å². The van der Waals surface area contributed by atoms with Gasteiger partial charge in [-0.2, -0.15) is 0 Å². The van der Waals surface area contributed by atoms with Gasteiger partial charge in [0, 0.05) is 33.4 Å². The molecule has 0 radical (unpaired) electrons. The minimum atomic E-state index is 0.283. The summed E-state index contributed by atoms with van der Waals surface area (Å²) in [5.41, 5.74) is 1.20. The maximum atomic E-state index is 5.50. The molecule has 0 amide bonds. The van der Waals surface area contributed by atoms with Crippen LogP contribution in [-0.2, 0) is 16.0 Å². The number of hydrogen-bond acceptors (Lipinski definition) is 5. The van der Waals surface area contributed by atoms with E-state index in [4.69, 9.17) is 18.9 Å². The van der Waals surface area contributed by atoms with Gasteiger partial charge in [0.15, 0.2) is 11.5 Å². The molecular formula is C16H25NO4. The van der Waals surface area contributed by atoms with Gasteiger partial charge in [0.1, 0.15) is 0 Å². The molecule has 1 aliphatic heterocycles. The van der Waals surface area contributed by atoms with Crippen LogP contribution in [0, 0.1) is 0 Å². The van der Waals surface area contributed by atoms with Crippen LogP contribution in [0.2, 0.25) is 0 Å². The number of benzene rings is 1. The van der Waals surface area contributed by atoms with E-state index in [-0.39, 0.29) is 6.10 Å². The Kier molecular flexibility index (Phi) is 5.85. The highest BCUT2D eigenvalue weighted by molar-refractivity contribution is 5.42. The fourth-order valence-corrected chi connectivity index (χ4v) is 2.88. The van der Waals surface area contributed by atoms with Crippen molar-refractivity contribution in [2.75, 3.05) is 41.6 Å². The van der Waals surface area contributed by atoms with E-state index in [1.807, 2.05) is 12.1 Å². The summed E-state index contributed by atoms with van der Waals surface area (Å²) in [6.07, 6.45) is 1.29. The van der Waals surface area contributed by atoms with Crippen LogP contribution in [-0.4, -0.2) is 58.6 Å². The molecule has 1 aliphatic rings. The van der Waals surface area contributed by atoms with Gasteiger partial charge >= 0.3 is 0 Å². The molecule has 5 heteroatoms. The lowest BCUT2D eigenvalue weighted by atomic mass is 10.1. The normalized spacial score (nSPS) is 22.5. The van der Waals surface area contributed by atoms with Crippen molar-refractivity contribution in [1.29, 1.82) is 0 Å². The fraction of sp³-hybridized carbons (Fsp3) is 0.625. The first-order chi connectivity index (χ1) is 10.2. The molecule has 0 bridgehead atoms. The van der Waals surface area contributed by atoms with Gasteiger partial charge in [0.05, 0.1) is 26.9 Å². The third-order valence-corrected chi connectivity index (χ3v) is 4.02. The van der Waals surface area contributed by atoms with Crippen LogP contribution < -0.4 is 9.47 Å². The molecule has 2 atom stereocenters. The second kappa shape index (κ2) is 7.64. The molecule has 1 aromatic rings. The van der Waals surface area contributed by atoms with Gasteiger partial charge in [0.25, 0.3) is 0 Å². The lowest BCUT2D eigenvalue weighted by Crippen LogP contribution is -2.32. The molecule has 118 valence electrons. The zero-order valence-electron chi connectivity index (χ0n) is 13.3. The third-order valence-electron chi connectivity index (χ3n) is 4.02. The van der Waals surface area contributed by atoms with Crippen LogP contribution in [0.4, 0.5) is 0 Å². The Balaban J connectivity index is 2.08. The van der Waals surface area contributed by atoms with Crippen LogP contribution in [0.15, 0.2) is 18.2 Å². The van der Waals surface area contributed by atoms with Crippen molar-refractivity contribution in [1.82, 2.24) is 4.90 Å². The van der Waals surface area contributed by atoms with Gasteiger partial charge in [-0.3, -0.25) is 4.90 Å². The lowest BCUT2D eigenvalue weighted by molar-refractivity contribution is 0.106. The largest absolute Gasteiger partial charge is 0.493 e. The highest BCUT2D eigenvalue weighted by Crippen LogP contribution is 2.29. The van der Waals surface area contributed by atoms with E-state index in [2.05, 4.69) is 11.0 Å². The summed E-state index contributed by atoms with van der Waals surface area (Å²) in [6.45, 7) is 2.51. The first-order valence-corrected chi connectivity index (χ1v) is 7.18. The zero-order chi connectivity index (χ0) is 15.2. The average Bonchev–Trinajstić information content (AvgIpc) is 2.89. The maximum Gasteiger partial charge on any atom is 0.161 e. The van der Waals surface area contributed by atoms with Gasteiger partial charge in [-0.15, -0.1) is 0 Å². The number of methoxy groups -OCH3 is 4. The molecule has 2 rings (SSSR count). The molecule has 21 heavy (non-hydrogen) atoms. The van der Waals surface area contributed by atoms with Crippen molar-refractivity contribution in [2.24, 2.45) is 0 Å². The van der Waals surface area contributed by atoms with Crippen LogP contribution in [0.5, 0.6) is 11.5 Å². The highest BCUT2D eigenvalue weighted by atomic mass is 16.5. The smallest absolute Gasteiger partial charge is 0.161 e. The number of hydrogen-bond donors (Lipinski definition) is 0. The fourth-order valence-electron chi connectivity index (χ4n) is 2.88. The first kappa shape index (κ1) is 16.1. The Morgan fingerprint density at radius 2 is 1.86 bits per heavy atom. The van der Waals surface area contributed by atoms with Crippen molar-refractivity contribution in [2.45, 2.75) is 25.1 Å². The molecule has 1 fully saturated rings. The lowest BCUT2D eigenvalue weighted by Gasteiger charge is -2.23. The quantitative estimate of drug-likeness (QED) is 0.769. The molecule has 1 aromatic carbocycles. The van der Waals surface area contributed by atoms with Gasteiger partial charge in [-0.05, 0) is 24.1 Å². The molecule has 0 aliphatic carbocycles. The Morgan fingerprint density at radius 3 is 2.48 bits per heavy atom. The zero-order valence-corrected chi connectivity index (χ0v) is 13.3. The van der Waals surface area contributed by atoms with E-state index in [0.717, 1.165) is 37.6 Å². The van der Waals surface area contributed by atoms with Crippen molar-refractivity contribution >= 4 is 0 Å². The van der Waals surface area contributed by atoms with Crippen molar-refractivity contribution in [3.8, 4) is 11.5 Å². The van der Waals surface area contributed by atoms with Crippen molar-refractivity contribution < 1.29 is 18.9 Å². The van der Waals surface area contributed by atoms with Crippen molar-refractivity contribution in [3.63, 3.8) is 0 Å². The summed E-state index contributed by atoms with van der Waals surface area (Å²) in [4.78, 5) is 2.40. The maximum absolute atomic E-state index is 5.50. The first-order valence-electron chi connectivity index (χ1n) is 7.18. The van der Waals surface area contributed by atoms with Gasteiger partial charge in [-0.25, -0.2) is 0 Å². The second-order valence-electron chi connectivity index (χ2n) is 5.32. The van der Waals surface area contributed by atoms with E-state index in [1.165, 1.54) is 5.56 Å². The van der Waals surface area contributed by atoms with Gasteiger partial charge < -0.3 is 18.9 Å². The van der Waals surface area contributed by atoms with E-state index in [9.17, 15) is 0 Å². The van der Waals surface area contributed by atoms with Crippen LogP contribution in [0.25, 0.3) is 0 Å². The number of likely N-dealkylation sites (tertiary alicyclic amines) is 1. The molecule has 0 aromatic heterocycles. The number of ether oxygens (including phenoxy) is 4. The minimum Gasteiger partial charge on any atom is -0.493 e. The molecule has 1 saturated heterocycles. The van der Waals surface area contributed by atoms with Crippen LogP contribution in [0.3, 0.4) is 0 Å². The predicted octanol–water partition coefficient (Wildman–Crippen LogP) is 1.94. The van der Waals surface area contributed by atoms with Gasteiger partial charge in [-0.1, -0.05) is 6.07 Å². The molecule has 0 saturated carbocycles. The van der Waals surface area contributed by atoms with Crippen LogP contribution in [0.1, 0.15) is 12.0 Å². The number of rotatable bonds is 7. The summed E-state index contributed by atoms with van der Waals surface area (Å²) < 4.78 is 21.5. The Bertz CT molecular complexity index is 452.